The number of hydrogen-bond donors (Lipinski definition) is 3. The number of benzene rings is 1. The molecular weight excluding hydrogens is 377 g/mol. The summed E-state index contributed by atoms with van der Waals surface area (Å²) < 4.78 is 40.5. The molecular formula is C18H19F3N4O3. The lowest BCUT2D eigenvalue weighted by molar-refractivity contribution is -0.143. The maximum absolute atomic E-state index is 13.1. The van der Waals surface area contributed by atoms with E-state index in [4.69, 9.17) is 5.11 Å². The number of carboxylic acids is 1. The maximum Gasteiger partial charge on any atom is 0.416 e. The molecule has 1 aliphatic rings. The van der Waals surface area contributed by atoms with Gasteiger partial charge in [-0.3, -0.25) is 4.79 Å². The summed E-state index contributed by atoms with van der Waals surface area (Å²) in [6.45, 7) is 0. The molecule has 0 radical (unpaired) electrons. The van der Waals surface area contributed by atoms with Crippen LogP contribution in [0.3, 0.4) is 0 Å². The molecule has 0 saturated heterocycles. The number of carbonyl (C=O) groups is 2. The van der Waals surface area contributed by atoms with Crippen LogP contribution in [-0.2, 0) is 11.0 Å². The molecule has 10 heteroatoms. The number of carbonyl (C=O) groups excluding carboxylic acids is 1. The van der Waals surface area contributed by atoms with Crippen LogP contribution >= 0.6 is 0 Å². The number of urea groups is 1. The van der Waals surface area contributed by atoms with Crippen LogP contribution in [0.2, 0.25) is 0 Å². The number of rotatable bonds is 4. The lowest BCUT2D eigenvalue weighted by atomic mass is 9.86. The van der Waals surface area contributed by atoms with Crippen LogP contribution in [0.5, 0.6) is 0 Å². The van der Waals surface area contributed by atoms with Crippen LogP contribution in [-0.4, -0.2) is 32.9 Å². The Kier molecular flexibility index (Phi) is 5.57. The first kappa shape index (κ1) is 19.7. The van der Waals surface area contributed by atoms with Gasteiger partial charge in [0.1, 0.15) is 0 Å². The lowest BCUT2D eigenvalue weighted by Gasteiger charge is -2.27. The Labute approximate surface area is 158 Å². The van der Waals surface area contributed by atoms with Gasteiger partial charge in [0.05, 0.1) is 22.9 Å². The van der Waals surface area contributed by atoms with Gasteiger partial charge in [-0.2, -0.15) is 18.3 Å². The first-order valence-electron chi connectivity index (χ1n) is 8.75. The van der Waals surface area contributed by atoms with Crippen molar-refractivity contribution in [3.63, 3.8) is 0 Å². The quantitative estimate of drug-likeness (QED) is 0.735. The number of nitrogens with zero attached hydrogens (tertiary/aromatic N) is 2. The zero-order valence-electron chi connectivity index (χ0n) is 14.7. The van der Waals surface area contributed by atoms with Crippen LogP contribution in [0.25, 0.3) is 5.69 Å². The molecule has 0 atom stereocenters. The fraction of sp³-hybridized carbons (Fsp3) is 0.389. The molecule has 1 heterocycles. The van der Waals surface area contributed by atoms with Crippen molar-refractivity contribution < 1.29 is 27.9 Å². The number of nitrogens with one attached hydrogen (secondary N) is 2. The van der Waals surface area contributed by atoms with Gasteiger partial charge < -0.3 is 15.7 Å². The van der Waals surface area contributed by atoms with Crippen molar-refractivity contribution in [1.82, 2.24) is 15.1 Å². The van der Waals surface area contributed by atoms with E-state index in [1.54, 1.807) is 12.3 Å². The Morgan fingerprint density at radius 3 is 2.46 bits per heavy atom. The maximum atomic E-state index is 13.1. The topological polar surface area (TPSA) is 96.3 Å². The summed E-state index contributed by atoms with van der Waals surface area (Å²) in [6.07, 6.45) is 0.370. The minimum atomic E-state index is -4.55. The number of halogens is 3. The van der Waals surface area contributed by atoms with Crippen molar-refractivity contribution in [2.75, 3.05) is 5.32 Å². The molecule has 1 aromatic heterocycles. The largest absolute Gasteiger partial charge is 0.481 e. The molecule has 1 aromatic carbocycles. The van der Waals surface area contributed by atoms with E-state index in [0.717, 1.165) is 12.1 Å². The smallest absolute Gasteiger partial charge is 0.416 e. The Hall–Kier alpha value is -3.04. The van der Waals surface area contributed by atoms with Crippen LogP contribution in [0.1, 0.15) is 31.2 Å². The summed E-state index contributed by atoms with van der Waals surface area (Å²) in [5.41, 5.74) is -0.626. The monoisotopic (exact) mass is 396 g/mol. The number of aromatic nitrogens is 2. The van der Waals surface area contributed by atoms with Gasteiger partial charge in [0, 0.05) is 18.4 Å². The third-order valence-corrected chi connectivity index (χ3v) is 4.73. The van der Waals surface area contributed by atoms with Crippen LogP contribution in [0.4, 0.5) is 23.7 Å². The summed E-state index contributed by atoms with van der Waals surface area (Å²) in [5, 5.41) is 18.2. The zero-order valence-corrected chi connectivity index (χ0v) is 14.7. The summed E-state index contributed by atoms with van der Waals surface area (Å²) in [6, 6.07) is 3.76. The van der Waals surface area contributed by atoms with Crippen molar-refractivity contribution in [3.8, 4) is 5.69 Å². The summed E-state index contributed by atoms with van der Waals surface area (Å²) in [5.74, 6) is -1.27. The van der Waals surface area contributed by atoms with E-state index < -0.39 is 29.7 Å². The van der Waals surface area contributed by atoms with Gasteiger partial charge in [0.2, 0.25) is 0 Å². The van der Waals surface area contributed by atoms with E-state index >= 15 is 0 Å². The van der Waals surface area contributed by atoms with E-state index in [1.807, 2.05) is 0 Å². The summed E-state index contributed by atoms with van der Waals surface area (Å²) in [7, 11) is 0. The van der Waals surface area contributed by atoms with Crippen molar-refractivity contribution in [3.05, 3.63) is 42.2 Å². The van der Waals surface area contributed by atoms with Gasteiger partial charge in [-0.15, -0.1) is 0 Å². The van der Waals surface area contributed by atoms with E-state index in [1.165, 1.54) is 16.9 Å². The molecule has 1 aliphatic carbocycles. The van der Waals surface area contributed by atoms with E-state index in [0.29, 0.717) is 31.4 Å². The fourth-order valence-electron chi connectivity index (χ4n) is 3.25. The Morgan fingerprint density at radius 2 is 1.89 bits per heavy atom. The highest BCUT2D eigenvalue weighted by molar-refractivity contribution is 5.92. The molecule has 1 fully saturated rings. The highest BCUT2D eigenvalue weighted by Crippen LogP contribution is 2.33. The third-order valence-electron chi connectivity index (χ3n) is 4.73. The van der Waals surface area contributed by atoms with Gasteiger partial charge in [-0.05, 0) is 49.9 Å². The molecule has 2 amide bonds. The highest BCUT2D eigenvalue weighted by Gasteiger charge is 2.32. The Morgan fingerprint density at radius 1 is 1.18 bits per heavy atom. The SMILES string of the molecule is O=C(Nc1cc(C(F)(F)F)ccc1-n1cccn1)NC1CCC(C(=O)O)CC1. The van der Waals surface area contributed by atoms with Gasteiger partial charge >= 0.3 is 18.2 Å². The minimum Gasteiger partial charge on any atom is -0.481 e. The minimum absolute atomic E-state index is 0.0322. The number of alkyl halides is 3. The predicted octanol–water partition coefficient (Wildman–Crippen LogP) is 3.66. The molecule has 0 spiro atoms. The summed E-state index contributed by atoms with van der Waals surface area (Å²) in [4.78, 5) is 23.3. The number of aliphatic carboxylic acids is 1. The number of hydrogen-bond acceptors (Lipinski definition) is 3. The Balaban J connectivity index is 1.73. The van der Waals surface area contributed by atoms with Crippen molar-refractivity contribution in [1.29, 1.82) is 0 Å². The highest BCUT2D eigenvalue weighted by atomic mass is 19.4. The summed E-state index contributed by atoms with van der Waals surface area (Å²) >= 11 is 0. The molecule has 3 N–H and O–H groups in total. The molecule has 0 unspecified atom stereocenters. The Bertz CT molecular complexity index is 844. The van der Waals surface area contributed by atoms with Gasteiger partial charge in [-0.25, -0.2) is 9.48 Å². The van der Waals surface area contributed by atoms with Crippen LogP contribution in [0, 0.1) is 5.92 Å². The normalized spacial score (nSPS) is 19.8. The molecule has 150 valence electrons. The molecule has 0 aliphatic heterocycles. The first-order chi connectivity index (χ1) is 13.2. The van der Waals surface area contributed by atoms with Crippen LogP contribution < -0.4 is 10.6 Å². The van der Waals surface area contributed by atoms with Gasteiger partial charge in [-0.1, -0.05) is 0 Å². The van der Waals surface area contributed by atoms with Gasteiger partial charge in [0.15, 0.2) is 0 Å². The average molecular weight is 396 g/mol. The second-order valence-electron chi connectivity index (χ2n) is 6.67. The molecule has 28 heavy (non-hydrogen) atoms. The van der Waals surface area contributed by atoms with Crippen molar-refractivity contribution >= 4 is 17.7 Å². The van der Waals surface area contributed by atoms with Crippen LogP contribution in [0.15, 0.2) is 36.7 Å². The van der Waals surface area contributed by atoms with E-state index in [-0.39, 0.29) is 11.7 Å². The number of carboxylic acid groups (broad SMARTS) is 1. The van der Waals surface area contributed by atoms with E-state index in [2.05, 4.69) is 15.7 Å². The molecule has 3 rings (SSSR count). The van der Waals surface area contributed by atoms with E-state index in [9.17, 15) is 22.8 Å². The molecule has 1 saturated carbocycles. The number of amides is 2. The lowest BCUT2D eigenvalue weighted by Crippen LogP contribution is -2.41. The molecule has 2 aromatic rings. The predicted molar refractivity (Wildman–Crippen MR) is 94.1 cm³/mol. The second kappa shape index (κ2) is 7.91. The third kappa shape index (κ3) is 4.62. The fourth-order valence-corrected chi connectivity index (χ4v) is 3.25. The van der Waals surface area contributed by atoms with Crippen molar-refractivity contribution in [2.45, 2.75) is 37.9 Å². The van der Waals surface area contributed by atoms with Gasteiger partial charge in [0.25, 0.3) is 0 Å². The average Bonchev–Trinajstić information content (AvgIpc) is 3.15. The molecule has 0 bridgehead atoms. The second-order valence-corrected chi connectivity index (χ2v) is 6.67. The zero-order chi connectivity index (χ0) is 20.3. The standard InChI is InChI=1S/C18H19F3N4O3/c19-18(20,21)12-4-7-15(25-9-1-8-22-25)14(10-12)24-17(28)23-13-5-2-11(3-6-13)16(26)27/h1,4,7-11,13H,2-3,5-6H2,(H,26,27)(H2,23,24,28). The van der Waals surface area contributed by atoms with Crippen molar-refractivity contribution in [2.24, 2.45) is 5.92 Å². The number of anilines is 1. The first-order valence-corrected chi connectivity index (χ1v) is 8.75. The molecule has 7 nitrogen and oxygen atoms in total.